The molecule has 39 heavy (non-hydrogen) atoms. The van der Waals surface area contributed by atoms with Crippen molar-refractivity contribution in [1.29, 1.82) is 0 Å². The fourth-order valence-corrected chi connectivity index (χ4v) is 6.63. The first-order chi connectivity index (χ1) is 18.2. The number of rotatable bonds is 0. The number of aryl methyl sites for hydroxylation is 2. The van der Waals surface area contributed by atoms with Crippen molar-refractivity contribution in [2.24, 2.45) is 11.8 Å². The van der Waals surface area contributed by atoms with Crippen LogP contribution in [0.5, 0.6) is 0 Å². The van der Waals surface area contributed by atoms with E-state index in [2.05, 4.69) is 109 Å². The van der Waals surface area contributed by atoms with Crippen molar-refractivity contribution in [1.82, 2.24) is 0 Å². The molecule has 0 aliphatic heterocycles. The quantitative estimate of drug-likeness (QED) is 0.213. The van der Waals surface area contributed by atoms with E-state index in [-0.39, 0.29) is 1.43 Å². The second kappa shape index (κ2) is 12.4. The molecule has 214 valence electrons. The molecule has 0 nitrogen and oxygen atoms in total. The van der Waals surface area contributed by atoms with Crippen LogP contribution in [0, 0.1) is 94.9 Å². The first kappa shape index (κ1) is 31.2. The second-order valence-corrected chi connectivity index (χ2v) is 13.2. The average molecular weight is 528 g/mol. The second-order valence-electron chi connectivity index (χ2n) is 13.2. The summed E-state index contributed by atoms with van der Waals surface area (Å²) in [6, 6.07) is 4.78. The third-order valence-electron chi connectivity index (χ3n) is 10.8. The molecule has 0 bridgehead atoms. The van der Waals surface area contributed by atoms with Crippen LogP contribution >= 0.6 is 0 Å². The summed E-state index contributed by atoms with van der Waals surface area (Å²) in [5, 5.41) is 0. The molecule has 0 saturated heterocycles. The van der Waals surface area contributed by atoms with Crippen molar-refractivity contribution in [3.8, 4) is 11.1 Å². The Bertz CT molecular complexity index is 1190. The molecule has 1 saturated carbocycles. The predicted molar refractivity (Wildman–Crippen MR) is 177 cm³/mol. The van der Waals surface area contributed by atoms with Gasteiger partial charge in [-0.1, -0.05) is 51.7 Å². The minimum Gasteiger partial charge on any atom is -0.0625 e. The van der Waals surface area contributed by atoms with Crippen LogP contribution in [0.4, 0.5) is 0 Å². The minimum atomic E-state index is 0. The van der Waals surface area contributed by atoms with Crippen LogP contribution in [0.15, 0.2) is 12.1 Å². The molecule has 3 aromatic carbocycles. The van der Waals surface area contributed by atoms with Crippen LogP contribution in [0.2, 0.25) is 0 Å². The van der Waals surface area contributed by atoms with Crippen LogP contribution in [0.3, 0.4) is 0 Å². The van der Waals surface area contributed by atoms with Crippen LogP contribution in [0.25, 0.3) is 11.1 Å². The lowest BCUT2D eigenvalue weighted by atomic mass is 9.84. The van der Waals surface area contributed by atoms with E-state index in [1.54, 1.807) is 0 Å². The van der Waals surface area contributed by atoms with Gasteiger partial charge in [0.15, 0.2) is 0 Å². The molecule has 0 amide bonds. The van der Waals surface area contributed by atoms with E-state index in [1.807, 2.05) is 0 Å². The Hall–Kier alpha value is -2.34. The van der Waals surface area contributed by atoms with Crippen LogP contribution in [-0.4, -0.2) is 0 Å². The van der Waals surface area contributed by atoms with Gasteiger partial charge in [-0.15, -0.1) is 0 Å². The van der Waals surface area contributed by atoms with Crippen LogP contribution < -0.4 is 0 Å². The summed E-state index contributed by atoms with van der Waals surface area (Å²) in [7, 11) is 0. The molecule has 2 aliphatic rings. The normalized spacial score (nSPS) is 17.5. The van der Waals surface area contributed by atoms with Gasteiger partial charge in [0, 0.05) is 1.43 Å². The monoisotopic (exact) mass is 527 g/mol. The molecular formula is C39H58. The van der Waals surface area contributed by atoms with Gasteiger partial charge in [0.1, 0.15) is 0 Å². The Morgan fingerprint density at radius 1 is 0.410 bits per heavy atom. The van der Waals surface area contributed by atoms with Crippen molar-refractivity contribution < 1.29 is 1.43 Å². The molecule has 5 rings (SSSR count). The number of benzene rings is 3. The maximum Gasteiger partial charge on any atom is 0 e. The maximum absolute atomic E-state index is 2.39. The van der Waals surface area contributed by atoms with Gasteiger partial charge >= 0.3 is 0 Å². The minimum absolute atomic E-state index is 0. The van der Waals surface area contributed by atoms with Gasteiger partial charge in [0.2, 0.25) is 0 Å². The van der Waals surface area contributed by atoms with Gasteiger partial charge in [0.05, 0.1) is 0 Å². The molecule has 2 aliphatic carbocycles. The maximum atomic E-state index is 2.39. The summed E-state index contributed by atoms with van der Waals surface area (Å²) in [6.45, 7) is 31.5. The van der Waals surface area contributed by atoms with Gasteiger partial charge in [-0.25, -0.2) is 0 Å². The van der Waals surface area contributed by atoms with E-state index in [0.29, 0.717) is 0 Å². The van der Waals surface area contributed by atoms with Gasteiger partial charge in [-0.05, 0) is 190 Å². The molecule has 3 aromatic rings. The summed E-state index contributed by atoms with van der Waals surface area (Å²) in [5.41, 5.74) is 23.5. The standard InChI is InChI=1S/C19H22.C12H18.C8H16.H2/c1-10-7-16-9-17-8-11(2)13(4)15(6)19(17)18(16)14(5)12(10)3;1-7-8(2)10(4)12(6)11(5)9(7)3;1-7-3-5-8(2)6-4-7;/h7-8H,9H2,1-6H3;1-6H3;7-8H,3-6H2,1-2H3;1H/i;;;1+1. The zero-order valence-electron chi connectivity index (χ0n) is 27.8. The molecular weight excluding hydrogens is 468 g/mol. The summed E-state index contributed by atoms with van der Waals surface area (Å²) >= 11 is 0. The van der Waals surface area contributed by atoms with Crippen molar-refractivity contribution in [3.05, 3.63) is 90.0 Å². The number of hydrogen-bond donors (Lipinski definition) is 0. The van der Waals surface area contributed by atoms with Crippen molar-refractivity contribution in [2.75, 3.05) is 0 Å². The smallest absolute Gasteiger partial charge is 0 e. The molecule has 0 spiro atoms. The highest BCUT2D eigenvalue weighted by Gasteiger charge is 2.25. The fourth-order valence-electron chi connectivity index (χ4n) is 6.63. The summed E-state index contributed by atoms with van der Waals surface area (Å²) in [4.78, 5) is 0. The van der Waals surface area contributed by atoms with E-state index >= 15 is 0 Å². The topological polar surface area (TPSA) is 0 Å². The third kappa shape index (κ3) is 6.37. The van der Waals surface area contributed by atoms with E-state index < -0.39 is 0 Å². The largest absolute Gasteiger partial charge is 0.0625 e. The Kier molecular flexibility index (Phi) is 9.96. The fraction of sp³-hybridized carbons (Fsp3) is 0.538. The van der Waals surface area contributed by atoms with Crippen LogP contribution in [-0.2, 0) is 6.42 Å². The van der Waals surface area contributed by atoms with E-state index in [0.717, 1.165) is 18.3 Å². The lowest BCUT2D eigenvalue weighted by Crippen LogP contribution is -2.08. The molecule has 0 heteroatoms. The van der Waals surface area contributed by atoms with Crippen LogP contribution in [0.1, 0.15) is 119 Å². The van der Waals surface area contributed by atoms with Gasteiger partial charge < -0.3 is 0 Å². The molecule has 0 aromatic heterocycles. The van der Waals surface area contributed by atoms with E-state index in [1.165, 1.54) is 115 Å². The third-order valence-corrected chi connectivity index (χ3v) is 10.8. The molecule has 0 unspecified atom stereocenters. The van der Waals surface area contributed by atoms with Crippen molar-refractivity contribution in [3.63, 3.8) is 0 Å². The zero-order valence-corrected chi connectivity index (χ0v) is 27.8. The lowest BCUT2D eigenvalue weighted by molar-refractivity contribution is 0.308. The van der Waals surface area contributed by atoms with Crippen molar-refractivity contribution in [2.45, 2.75) is 129 Å². The highest BCUT2D eigenvalue weighted by atomic mass is 14.3. The molecule has 0 heterocycles. The lowest BCUT2D eigenvalue weighted by Gasteiger charge is -2.22. The molecule has 1 fully saturated rings. The van der Waals surface area contributed by atoms with Gasteiger partial charge in [-0.2, -0.15) is 0 Å². The Morgan fingerprint density at radius 2 is 0.667 bits per heavy atom. The summed E-state index contributed by atoms with van der Waals surface area (Å²) in [5.74, 6) is 2.04. The predicted octanol–water partition coefficient (Wildman–Crippen LogP) is 11.7. The molecule has 0 N–H and O–H groups in total. The van der Waals surface area contributed by atoms with E-state index in [9.17, 15) is 0 Å². The van der Waals surface area contributed by atoms with Crippen molar-refractivity contribution >= 4 is 0 Å². The number of hydrogen-bond acceptors (Lipinski definition) is 0. The molecule has 0 atom stereocenters. The summed E-state index contributed by atoms with van der Waals surface area (Å²) in [6.07, 6.45) is 7.00. The van der Waals surface area contributed by atoms with Gasteiger partial charge in [0.25, 0.3) is 0 Å². The first-order valence-electron chi connectivity index (χ1n) is 15.4. The summed E-state index contributed by atoms with van der Waals surface area (Å²) < 4.78 is 0. The zero-order chi connectivity index (χ0) is 29.3. The first-order valence-corrected chi connectivity index (χ1v) is 15.4. The van der Waals surface area contributed by atoms with E-state index in [4.69, 9.17) is 0 Å². The highest BCUT2D eigenvalue weighted by Crippen LogP contribution is 2.44. The Balaban J connectivity index is 0.000000229. The Morgan fingerprint density at radius 3 is 0.923 bits per heavy atom. The molecule has 0 radical (unpaired) electrons. The number of fused-ring (bicyclic) bond motifs is 3. The SMILES string of the molecule is CC1CCC(C)CC1.Cc1c(C)c(C)c(C)c(C)c1C.Cc1cc2c(c(C)c1C)-c1c(cc(C)c(C)c1C)C2.[2HH]. The highest BCUT2D eigenvalue weighted by molar-refractivity contribution is 5.84. The Labute approximate surface area is 243 Å². The van der Waals surface area contributed by atoms with Gasteiger partial charge in [-0.3, -0.25) is 0 Å². The average Bonchev–Trinajstić information content (AvgIpc) is 3.27.